The Bertz CT molecular complexity index is 627. The quantitative estimate of drug-likeness (QED) is 0.314. The Kier molecular flexibility index (Phi) is 11.0. The van der Waals surface area contributed by atoms with Gasteiger partial charge in [-0.1, -0.05) is 19.8 Å². The van der Waals surface area contributed by atoms with E-state index >= 15 is 0 Å². The predicted molar refractivity (Wildman–Crippen MR) is 130 cm³/mol. The number of amides is 1. The minimum Gasteiger partial charge on any atom is -0.444 e. The number of aromatic nitrogens is 1. The van der Waals surface area contributed by atoms with Gasteiger partial charge in [-0.05, 0) is 27.2 Å². The highest BCUT2D eigenvalue weighted by atomic mass is 127. The number of hydrogen-bond donors (Lipinski definition) is 2. The van der Waals surface area contributed by atoms with Crippen molar-refractivity contribution in [2.75, 3.05) is 37.6 Å². The number of aliphatic imine (C=N–C) groups is 1. The molecular weight excluding hydrogens is 503 g/mol. The molecule has 2 rings (SSSR count). The van der Waals surface area contributed by atoms with Crippen molar-refractivity contribution in [3.8, 4) is 0 Å². The lowest BCUT2D eigenvalue weighted by Crippen LogP contribution is -2.51. The summed E-state index contributed by atoms with van der Waals surface area (Å²) in [6, 6.07) is -0.0514. The average molecular weight is 539 g/mol. The third kappa shape index (κ3) is 9.37. The molecule has 10 heteroatoms. The number of halogens is 1. The first-order valence-electron chi connectivity index (χ1n) is 9.98. The summed E-state index contributed by atoms with van der Waals surface area (Å²) >= 11 is 1.65. The monoisotopic (exact) mass is 538 g/mol. The van der Waals surface area contributed by atoms with Gasteiger partial charge in [-0.2, -0.15) is 0 Å². The minimum absolute atomic E-state index is 0. The normalized spacial score (nSPS) is 16.2. The minimum atomic E-state index is -0.512. The van der Waals surface area contributed by atoms with Crippen molar-refractivity contribution in [1.82, 2.24) is 15.2 Å². The fourth-order valence-corrected chi connectivity index (χ4v) is 3.63. The molecule has 1 aliphatic heterocycles. The Labute approximate surface area is 195 Å². The molecule has 166 valence electrons. The molecule has 29 heavy (non-hydrogen) atoms. The lowest BCUT2D eigenvalue weighted by molar-refractivity contribution is 0.0524. The van der Waals surface area contributed by atoms with Crippen LogP contribution in [0.4, 0.5) is 9.93 Å². The highest BCUT2D eigenvalue weighted by Crippen LogP contribution is 2.19. The summed E-state index contributed by atoms with van der Waals surface area (Å²) in [5.41, 5.74) is 5.78. The topological polar surface area (TPSA) is 96.1 Å². The first kappa shape index (κ1) is 25.7. The summed E-state index contributed by atoms with van der Waals surface area (Å²) in [6.07, 6.45) is 4.41. The van der Waals surface area contributed by atoms with E-state index in [0.717, 1.165) is 50.6 Å². The smallest absolute Gasteiger partial charge is 0.407 e. The van der Waals surface area contributed by atoms with E-state index in [1.165, 1.54) is 0 Å². The van der Waals surface area contributed by atoms with Gasteiger partial charge in [-0.3, -0.25) is 0 Å². The molecular formula is C19H35IN6O2S. The Morgan fingerprint density at radius 2 is 2.07 bits per heavy atom. The first-order valence-corrected chi connectivity index (χ1v) is 10.9. The molecule has 0 spiro atoms. The van der Waals surface area contributed by atoms with Gasteiger partial charge in [0.05, 0.1) is 6.04 Å². The number of ether oxygens (including phenoxy) is 1. The number of guanidine groups is 1. The van der Waals surface area contributed by atoms with Crippen LogP contribution in [0, 0.1) is 0 Å². The number of rotatable bonds is 7. The number of thiazole rings is 1. The zero-order chi connectivity index (χ0) is 20.6. The second-order valence-electron chi connectivity index (χ2n) is 7.95. The van der Waals surface area contributed by atoms with Gasteiger partial charge in [0.1, 0.15) is 5.60 Å². The number of nitrogens with zero attached hydrogens (tertiary/aromatic N) is 4. The van der Waals surface area contributed by atoms with Gasteiger partial charge in [-0.15, -0.1) is 35.3 Å². The Balaban J connectivity index is 0.00000420. The van der Waals surface area contributed by atoms with E-state index in [4.69, 9.17) is 15.5 Å². The maximum absolute atomic E-state index is 11.9. The van der Waals surface area contributed by atoms with Gasteiger partial charge in [-0.25, -0.2) is 14.8 Å². The van der Waals surface area contributed by atoms with E-state index in [-0.39, 0.29) is 30.0 Å². The van der Waals surface area contributed by atoms with Crippen molar-refractivity contribution in [1.29, 1.82) is 0 Å². The molecule has 1 atom stereocenters. The van der Waals surface area contributed by atoms with E-state index in [0.29, 0.717) is 12.5 Å². The number of nitrogens with two attached hydrogens (primary N) is 1. The molecule has 1 amide bonds. The van der Waals surface area contributed by atoms with Crippen molar-refractivity contribution < 1.29 is 9.53 Å². The van der Waals surface area contributed by atoms with Crippen LogP contribution in [0.2, 0.25) is 0 Å². The van der Waals surface area contributed by atoms with Crippen LogP contribution in [0.1, 0.15) is 47.0 Å². The number of nitrogens with one attached hydrogen (secondary N) is 1. The van der Waals surface area contributed by atoms with E-state index < -0.39 is 11.7 Å². The van der Waals surface area contributed by atoms with Crippen molar-refractivity contribution in [3.63, 3.8) is 0 Å². The summed E-state index contributed by atoms with van der Waals surface area (Å²) in [5, 5.41) is 5.87. The molecule has 0 aliphatic carbocycles. The molecule has 0 radical (unpaired) electrons. The molecule has 1 aromatic heterocycles. The van der Waals surface area contributed by atoms with Crippen molar-refractivity contribution >= 4 is 52.5 Å². The first-order chi connectivity index (χ1) is 13.3. The van der Waals surface area contributed by atoms with Crippen LogP contribution in [0.3, 0.4) is 0 Å². The summed E-state index contributed by atoms with van der Waals surface area (Å²) < 4.78 is 5.31. The summed E-state index contributed by atoms with van der Waals surface area (Å²) in [7, 11) is 0. The van der Waals surface area contributed by atoms with Crippen LogP contribution in [-0.2, 0) is 4.74 Å². The molecule has 3 N–H and O–H groups in total. The predicted octanol–water partition coefficient (Wildman–Crippen LogP) is 3.28. The van der Waals surface area contributed by atoms with Crippen molar-refractivity contribution in [2.24, 2.45) is 10.7 Å². The molecule has 1 saturated heterocycles. The van der Waals surface area contributed by atoms with Crippen LogP contribution in [-0.4, -0.2) is 66.3 Å². The Morgan fingerprint density at radius 1 is 1.38 bits per heavy atom. The zero-order valence-corrected chi connectivity index (χ0v) is 21.0. The Morgan fingerprint density at radius 3 is 2.62 bits per heavy atom. The number of carbonyl (C=O) groups excluding carboxylic acids is 1. The van der Waals surface area contributed by atoms with E-state index in [1.807, 2.05) is 32.3 Å². The SMILES string of the molecule is CCCCC(CNC(=O)OC(C)(C)C)N=C(N)N1CCN(c2nccs2)CC1.I. The highest BCUT2D eigenvalue weighted by molar-refractivity contribution is 14.0. The number of alkyl carbamates (subject to hydrolysis) is 1. The van der Waals surface area contributed by atoms with Gasteiger partial charge >= 0.3 is 6.09 Å². The van der Waals surface area contributed by atoms with Gasteiger partial charge in [0.15, 0.2) is 11.1 Å². The molecule has 2 heterocycles. The average Bonchev–Trinajstić information content (AvgIpc) is 3.17. The fourth-order valence-electron chi connectivity index (χ4n) is 2.93. The zero-order valence-electron chi connectivity index (χ0n) is 17.9. The second kappa shape index (κ2) is 12.4. The number of anilines is 1. The maximum Gasteiger partial charge on any atom is 0.407 e. The number of carbonyl (C=O) groups is 1. The standard InChI is InChI=1S/C19H34N6O2S.HI/c1-5-6-7-15(14-22-18(26)27-19(2,3)4)23-16(20)24-9-11-25(12-10-24)17-21-8-13-28-17;/h8,13,15H,5-7,9-12,14H2,1-4H3,(H2,20,23)(H,22,26);1H. The highest BCUT2D eigenvalue weighted by Gasteiger charge is 2.21. The Hall–Kier alpha value is -1.30. The van der Waals surface area contributed by atoms with Crippen LogP contribution < -0.4 is 16.0 Å². The molecule has 1 fully saturated rings. The third-order valence-corrected chi connectivity index (χ3v) is 5.21. The molecule has 0 bridgehead atoms. The van der Waals surface area contributed by atoms with Gasteiger partial charge < -0.3 is 25.6 Å². The van der Waals surface area contributed by atoms with Crippen molar-refractivity contribution in [3.05, 3.63) is 11.6 Å². The van der Waals surface area contributed by atoms with Gasteiger partial charge in [0.2, 0.25) is 0 Å². The van der Waals surface area contributed by atoms with Crippen LogP contribution >= 0.6 is 35.3 Å². The van der Waals surface area contributed by atoms with Crippen molar-refractivity contribution in [2.45, 2.75) is 58.6 Å². The lowest BCUT2D eigenvalue weighted by Gasteiger charge is -2.35. The molecule has 0 saturated carbocycles. The van der Waals surface area contributed by atoms with E-state index in [9.17, 15) is 4.79 Å². The summed E-state index contributed by atoms with van der Waals surface area (Å²) in [6.45, 7) is 11.5. The lowest BCUT2D eigenvalue weighted by atomic mass is 10.1. The second-order valence-corrected chi connectivity index (χ2v) is 8.83. The third-order valence-electron chi connectivity index (χ3n) is 4.38. The molecule has 1 aromatic rings. The number of hydrogen-bond acceptors (Lipinski definition) is 6. The fraction of sp³-hybridized carbons (Fsp3) is 0.737. The van der Waals surface area contributed by atoms with E-state index in [2.05, 4.69) is 27.0 Å². The van der Waals surface area contributed by atoms with Gasteiger partial charge in [0, 0.05) is 44.3 Å². The van der Waals surface area contributed by atoms with Crippen LogP contribution in [0.5, 0.6) is 0 Å². The molecule has 1 aliphatic rings. The maximum atomic E-state index is 11.9. The molecule has 0 aromatic carbocycles. The summed E-state index contributed by atoms with van der Waals surface area (Å²) in [5.74, 6) is 0.547. The molecule has 1 unspecified atom stereocenters. The van der Waals surface area contributed by atoms with Crippen LogP contribution in [0.15, 0.2) is 16.6 Å². The number of piperazine rings is 1. The number of unbranched alkanes of at least 4 members (excludes halogenated alkanes) is 1. The largest absolute Gasteiger partial charge is 0.444 e. The molecule has 8 nitrogen and oxygen atoms in total. The summed E-state index contributed by atoms with van der Waals surface area (Å²) in [4.78, 5) is 25.4. The van der Waals surface area contributed by atoms with Crippen LogP contribution in [0.25, 0.3) is 0 Å². The van der Waals surface area contributed by atoms with E-state index in [1.54, 1.807) is 11.3 Å². The van der Waals surface area contributed by atoms with Gasteiger partial charge in [0.25, 0.3) is 0 Å².